The molecular formula is C26H35ClN4O4S. The van der Waals surface area contributed by atoms with Crippen LogP contribution >= 0.6 is 22.9 Å². The molecule has 0 atom stereocenters. The van der Waals surface area contributed by atoms with Gasteiger partial charge in [-0.25, -0.2) is 4.98 Å². The number of amides is 2. The van der Waals surface area contributed by atoms with E-state index in [1.165, 1.54) is 11.3 Å². The zero-order valence-corrected chi connectivity index (χ0v) is 22.6. The molecular weight excluding hydrogens is 500 g/mol. The van der Waals surface area contributed by atoms with Gasteiger partial charge in [0.15, 0.2) is 5.60 Å². The Morgan fingerprint density at radius 3 is 2.64 bits per heavy atom. The molecule has 10 heteroatoms. The van der Waals surface area contributed by atoms with Crippen molar-refractivity contribution in [2.24, 2.45) is 0 Å². The van der Waals surface area contributed by atoms with Crippen LogP contribution in [0.15, 0.2) is 29.6 Å². The Labute approximate surface area is 221 Å². The Kier molecular flexibility index (Phi) is 9.22. The van der Waals surface area contributed by atoms with Crippen molar-refractivity contribution in [3.05, 3.63) is 45.4 Å². The molecule has 2 aromatic rings. The van der Waals surface area contributed by atoms with E-state index in [1.54, 1.807) is 26.0 Å². The van der Waals surface area contributed by atoms with Gasteiger partial charge in [0.25, 0.3) is 11.8 Å². The molecule has 2 amide bonds. The lowest BCUT2D eigenvalue weighted by Gasteiger charge is -2.36. The van der Waals surface area contributed by atoms with Gasteiger partial charge in [0.2, 0.25) is 0 Å². The average molecular weight is 535 g/mol. The summed E-state index contributed by atoms with van der Waals surface area (Å²) in [7, 11) is 0. The molecule has 2 aliphatic rings. The number of benzene rings is 1. The number of halogens is 1. The van der Waals surface area contributed by atoms with Crippen molar-refractivity contribution < 1.29 is 19.1 Å². The molecule has 0 aliphatic carbocycles. The number of carbonyl (C=O) groups is 2. The Bertz CT molecular complexity index is 1030. The van der Waals surface area contributed by atoms with Crippen molar-refractivity contribution in [2.75, 3.05) is 52.5 Å². The second-order valence-corrected chi connectivity index (χ2v) is 11.0. The van der Waals surface area contributed by atoms with Crippen LogP contribution in [-0.4, -0.2) is 84.7 Å². The third-order valence-corrected chi connectivity index (χ3v) is 7.96. The highest BCUT2D eigenvalue weighted by molar-refractivity contribution is 7.09. The summed E-state index contributed by atoms with van der Waals surface area (Å²) in [6.45, 7) is 9.89. The van der Waals surface area contributed by atoms with Crippen LogP contribution in [0.2, 0.25) is 5.02 Å². The van der Waals surface area contributed by atoms with Crippen molar-refractivity contribution in [1.29, 1.82) is 0 Å². The molecule has 3 heterocycles. The summed E-state index contributed by atoms with van der Waals surface area (Å²) in [5, 5.41) is 6.28. The molecule has 0 unspecified atom stereocenters. The van der Waals surface area contributed by atoms with Gasteiger partial charge in [-0.15, -0.1) is 11.3 Å². The monoisotopic (exact) mass is 534 g/mol. The SMILES string of the molecule is CC(C)(Oc1ccccc1Cl)C(=O)N1CCC(c2nc(C(=O)NCCCN3CCOCC3)cs2)CC1. The second-order valence-electron chi connectivity index (χ2n) is 9.74. The van der Waals surface area contributed by atoms with Gasteiger partial charge in [0.1, 0.15) is 11.4 Å². The van der Waals surface area contributed by atoms with Crippen LogP contribution < -0.4 is 10.1 Å². The van der Waals surface area contributed by atoms with Gasteiger partial charge in [0.05, 0.1) is 23.2 Å². The number of hydrogen-bond donors (Lipinski definition) is 1. The smallest absolute Gasteiger partial charge is 0.270 e. The first kappa shape index (κ1) is 26.9. The summed E-state index contributed by atoms with van der Waals surface area (Å²) >= 11 is 7.74. The van der Waals surface area contributed by atoms with E-state index >= 15 is 0 Å². The molecule has 2 aliphatic heterocycles. The van der Waals surface area contributed by atoms with Gasteiger partial charge >= 0.3 is 0 Å². The van der Waals surface area contributed by atoms with Crippen LogP contribution in [0.25, 0.3) is 0 Å². The number of likely N-dealkylation sites (tertiary alicyclic amines) is 1. The van der Waals surface area contributed by atoms with E-state index in [1.807, 2.05) is 22.4 Å². The topological polar surface area (TPSA) is 84.0 Å². The van der Waals surface area contributed by atoms with Crippen LogP contribution in [-0.2, 0) is 9.53 Å². The summed E-state index contributed by atoms with van der Waals surface area (Å²) in [5.74, 6) is 0.569. The molecule has 0 radical (unpaired) electrons. The quantitative estimate of drug-likeness (QED) is 0.492. The molecule has 8 nitrogen and oxygen atoms in total. The van der Waals surface area contributed by atoms with Crippen LogP contribution in [0.4, 0.5) is 0 Å². The predicted octanol–water partition coefficient (Wildman–Crippen LogP) is 3.81. The lowest BCUT2D eigenvalue weighted by Crippen LogP contribution is -2.51. The molecule has 0 saturated carbocycles. The number of para-hydroxylation sites is 1. The lowest BCUT2D eigenvalue weighted by molar-refractivity contribution is -0.146. The minimum atomic E-state index is -1.02. The summed E-state index contributed by atoms with van der Waals surface area (Å²) in [6.07, 6.45) is 2.52. The fraction of sp³-hybridized carbons (Fsp3) is 0.577. The Morgan fingerprint density at radius 1 is 1.19 bits per heavy atom. The van der Waals surface area contributed by atoms with E-state index in [0.29, 0.717) is 36.1 Å². The number of thiazole rings is 1. The molecule has 0 bridgehead atoms. The Hall–Kier alpha value is -2.20. The summed E-state index contributed by atoms with van der Waals surface area (Å²) in [5.41, 5.74) is -0.541. The van der Waals surface area contributed by atoms with Gasteiger partial charge in [0, 0.05) is 44.0 Å². The zero-order valence-electron chi connectivity index (χ0n) is 21.0. The van der Waals surface area contributed by atoms with E-state index in [-0.39, 0.29) is 17.7 Å². The maximum atomic E-state index is 13.2. The predicted molar refractivity (Wildman–Crippen MR) is 141 cm³/mol. The minimum absolute atomic E-state index is 0.0582. The van der Waals surface area contributed by atoms with Crippen LogP contribution in [0.5, 0.6) is 5.75 Å². The molecule has 36 heavy (non-hydrogen) atoms. The molecule has 2 saturated heterocycles. The number of rotatable bonds is 9. The summed E-state index contributed by atoms with van der Waals surface area (Å²) in [6, 6.07) is 7.18. The molecule has 0 spiro atoms. The average Bonchev–Trinajstić information content (AvgIpc) is 3.39. The van der Waals surface area contributed by atoms with Crippen molar-refractivity contribution in [2.45, 2.75) is 44.6 Å². The number of hydrogen-bond acceptors (Lipinski definition) is 7. The third-order valence-electron chi connectivity index (χ3n) is 6.64. The van der Waals surface area contributed by atoms with Crippen molar-refractivity contribution >= 4 is 34.8 Å². The number of morpholine rings is 1. The van der Waals surface area contributed by atoms with E-state index in [0.717, 1.165) is 57.1 Å². The molecule has 1 aromatic carbocycles. The zero-order chi connectivity index (χ0) is 25.5. The van der Waals surface area contributed by atoms with Gasteiger partial charge in [-0.1, -0.05) is 23.7 Å². The van der Waals surface area contributed by atoms with E-state index in [9.17, 15) is 9.59 Å². The normalized spacial score (nSPS) is 17.7. The molecule has 2 fully saturated rings. The lowest BCUT2D eigenvalue weighted by atomic mass is 9.96. The highest BCUT2D eigenvalue weighted by Crippen LogP contribution is 2.33. The first-order chi connectivity index (χ1) is 17.3. The largest absolute Gasteiger partial charge is 0.476 e. The van der Waals surface area contributed by atoms with Crippen molar-refractivity contribution in [1.82, 2.24) is 20.1 Å². The van der Waals surface area contributed by atoms with Gasteiger partial charge in [-0.05, 0) is 51.8 Å². The maximum Gasteiger partial charge on any atom is 0.270 e. The third kappa shape index (κ3) is 6.97. The first-order valence-corrected chi connectivity index (χ1v) is 13.9. The van der Waals surface area contributed by atoms with E-state index in [2.05, 4.69) is 15.2 Å². The van der Waals surface area contributed by atoms with Crippen LogP contribution in [0.1, 0.15) is 54.5 Å². The highest BCUT2D eigenvalue weighted by Gasteiger charge is 2.37. The molecule has 4 rings (SSSR count). The fourth-order valence-electron chi connectivity index (χ4n) is 4.56. The highest BCUT2D eigenvalue weighted by atomic mass is 35.5. The number of nitrogens with zero attached hydrogens (tertiary/aromatic N) is 3. The minimum Gasteiger partial charge on any atom is -0.476 e. The van der Waals surface area contributed by atoms with Gasteiger partial charge < -0.3 is 19.7 Å². The molecule has 1 aromatic heterocycles. The molecule has 196 valence electrons. The van der Waals surface area contributed by atoms with Crippen molar-refractivity contribution in [3.63, 3.8) is 0 Å². The number of aromatic nitrogens is 1. The Morgan fingerprint density at radius 2 is 1.92 bits per heavy atom. The number of piperidine rings is 1. The Balaban J connectivity index is 1.22. The standard InChI is InChI=1S/C26H35ClN4O4S/c1-26(2,35-22-7-4-3-6-20(22)27)25(33)31-12-8-19(9-13-31)24-29-21(18-36-24)23(32)28-10-5-11-30-14-16-34-17-15-30/h3-4,6-7,18-19H,5,8-17H2,1-2H3,(H,28,32). The number of nitrogens with one attached hydrogen (secondary N) is 1. The summed E-state index contributed by atoms with van der Waals surface area (Å²) < 4.78 is 11.3. The van der Waals surface area contributed by atoms with Crippen LogP contribution in [0.3, 0.4) is 0 Å². The fourth-order valence-corrected chi connectivity index (χ4v) is 5.70. The summed E-state index contributed by atoms with van der Waals surface area (Å²) in [4.78, 5) is 34.6. The second kappa shape index (κ2) is 12.4. The van der Waals surface area contributed by atoms with E-state index in [4.69, 9.17) is 21.1 Å². The van der Waals surface area contributed by atoms with Crippen molar-refractivity contribution in [3.8, 4) is 5.75 Å². The number of ether oxygens (including phenoxy) is 2. The van der Waals surface area contributed by atoms with Gasteiger partial charge in [-0.2, -0.15) is 0 Å². The van der Waals surface area contributed by atoms with Gasteiger partial charge in [-0.3, -0.25) is 14.5 Å². The maximum absolute atomic E-state index is 13.2. The first-order valence-electron chi connectivity index (χ1n) is 12.6. The molecule has 1 N–H and O–H groups in total. The number of carbonyl (C=O) groups excluding carboxylic acids is 2. The van der Waals surface area contributed by atoms with E-state index < -0.39 is 5.60 Å². The van der Waals surface area contributed by atoms with Crippen LogP contribution in [0, 0.1) is 0 Å².